The number of nitrogens with one attached hydrogen (secondary N) is 1. The summed E-state index contributed by atoms with van der Waals surface area (Å²) in [5.74, 6) is 1.99. The number of pyridine rings is 1. The van der Waals surface area contributed by atoms with Crippen LogP contribution in [0.3, 0.4) is 0 Å². The van der Waals surface area contributed by atoms with E-state index in [1.54, 1.807) is 40.6 Å². The molecule has 4 rings (SSSR count). The highest BCUT2D eigenvalue weighted by molar-refractivity contribution is 7.99. The van der Waals surface area contributed by atoms with Crippen LogP contribution in [0.2, 0.25) is 0 Å². The summed E-state index contributed by atoms with van der Waals surface area (Å²) in [7, 11) is 0. The van der Waals surface area contributed by atoms with Crippen molar-refractivity contribution in [2.45, 2.75) is 43.2 Å². The zero-order valence-corrected chi connectivity index (χ0v) is 22.3. The molecule has 36 heavy (non-hydrogen) atoms. The van der Waals surface area contributed by atoms with Crippen LogP contribution >= 0.6 is 23.5 Å². The van der Waals surface area contributed by atoms with Crippen molar-refractivity contribution in [1.29, 1.82) is 10.5 Å². The number of amides is 1. The van der Waals surface area contributed by atoms with Crippen molar-refractivity contribution in [3.05, 3.63) is 47.8 Å². The Morgan fingerprint density at radius 3 is 2.75 bits per heavy atom. The van der Waals surface area contributed by atoms with Crippen LogP contribution in [0.15, 0.2) is 41.4 Å². The van der Waals surface area contributed by atoms with Gasteiger partial charge in [-0.3, -0.25) is 4.40 Å². The first kappa shape index (κ1) is 25.7. The number of aromatic nitrogens is 2. The number of nitriles is 2. The van der Waals surface area contributed by atoms with Gasteiger partial charge < -0.3 is 14.8 Å². The van der Waals surface area contributed by atoms with Gasteiger partial charge in [0.2, 0.25) is 0 Å². The van der Waals surface area contributed by atoms with Crippen molar-refractivity contribution < 1.29 is 14.3 Å². The van der Waals surface area contributed by atoms with Crippen LogP contribution < -0.4 is 10.1 Å². The molecule has 1 N–H and O–H groups in total. The first-order chi connectivity index (χ1) is 17.2. The number of imidazole rings is 1. The number of hydrogen-bond acceptors (Lipinski definition) is 8. The molecule has 10 heteroatoms. The van der Waals surface area contributed by atoms with Gasteiger partial charge >= 0.3 is 6.09 Å². The Balaban J connectivity index is 1.69. The molecular weight excluding hydrogens is 494 g/mol. The molecule has 3 aromatic rings. The van der Waals surface area contributed by atoms with Gasteiger partial charge in [0, 0.05) is 16.2 Å². The molecule has 0 saturated carbocycles. The molecule has 0 bridgehead atoms. The Morgan fingerprint density at radius 1 is 1.31 bits per heavy atom. The topological polar surface area (TPSA) is 112 Å². The molecule has 1 aliphatic heterocycles. The summed E-state index contributed by atoms with van der Waals surface area (Å²) in [6.07, 6.45) is 3.86. The Hall–Kier alpha value is -3.34. The summed E-state index contributed by atoms with van der Waals surface area (Å²) in [5.41, 5.74) is 1.84. The second-order valence-electron chi connectivity index (χ2n) is 9.52. The van der Waals surface area contributed by atoms with E-state index in [1.807, 2.05) is 39.2 Å². The van der Waals surface area contributed by atoms with Crippen molar-refractivity contribution in [1.82, 2.24) is 14.7 Å². The van der Waals surface area contributed by atoms with Gasteiger partial charge in [0.15, 0.2) is 0 Å². The fraction of sp³-hybridized carbons (Fsp3) is 0.385. The fourth-order valence-electron chi connectivity index (χ4n) is 4.04. The average molecular weight is 522 g/mol. The SMILES string of the molecule is CSc1cc(-c2cnc3cccc(C#N)n23)cc(OC[C@]2(NC(=O)OC(C)(C)C)CCSC2)c1C#N. The van der Waals surface area contributed by atoms with Crippen molar-refractivity contribution in [2.75, 3.05) is 24.4 Å². The summed E-state index contributed by atoms with van der Waals surface area (Å²) in [5, 5.41) is 22.6. The molecule has 0 spiro atoms. The van der Waals surface area contributed by atoms with Gasteiger partial charge in [-0.15, -0.1) is 11.8 Å². The molecule has 1 saturated heterocycles. The molecule has 1 amide bonds. The number of hydrogen-bond donors (Lipinski definition) is 1. The number of ether oxygens (including phenoxy) is 2. The molecule has 0 radical (unpaired) electrons. The lowest BCUT2D eigenvalue weighted by Gasteiger charge is -2.31. The van der Waals surface area contributed by atoms with Crippen molar-refractivity contribution in [3.63, 3.8) is 0 Å². The molecule has 1 atom stereocenters. The van der Waals surface area contributed by atoms with Crippen molar-refractivity contribution in [3.8, 4) is 29.1 Å². The molecular formula is C26H27N5O3S2. The highest BCUT2D eigenvalue weighted by atomic mass is 32.2. The molecule has 0 aliphatic carbocycles. The van der Waals surface area contributed by atoms with E-state index in [-0.39, 0.29) is 6.61 Å². The molecule has 186 valence electrons. The van der Waals surface area contributed by atoms with Crippen LogP contribution in [-0.4, -0.2) is 51.0 Å². The monoisotopic (exact) mass is 521 g/mol. The Bertz CT molecular complexity index is 1380. The van der Waals surface area contributed by atoms with Crippen LogP contribution in [0.5, 0.6) is 5.75 Å². The largest absolute Gasteiger partial charge is 0.490 e. The molecule has 1 fully saturated rings. The van der Waals surface area contributed by atoms with Crippen LogP contribution in [-0.2, 0) is 4.74 Å². The lowest BCUT2D eigenvalue weighted by atomic mass is 10.0. The first-order valence-corrected chi connectivity index (χ1v) is 13.8. The van der Waals surface area contributed by atoms with Gasteiger partial charge in [-0.1, -0.05) is 6.07 Å². The summed E-state index contributed by atoms with van der Waals surface area (Å²) in [6.45, 7) is 5.67. The van der Waals surface area contributed by atoms with Crippen LogP contribution in [0.25, 0.3) is 16.9 Å². The van der Waals surface area contributed by atoms with Crippen LogP contribution in [0.4, 0.5) is 4.79 Å². The average Bonchev–Trinajstić information content (AvgIpc) is 3.48. The highest BCUT2D eigenvalue weighted by Gasteiger charge is 2.38. The van der Waals surface area contributed by atoms with Gasteiger partial charge in [-0.2, -0.15) is 22.3 Å². The minimum absolute atomic E-state index is 0.196. The van der Waals surface area contributed by atoms with E-state index in [2.05, 4.69) is 22.4 Å². The molecule has 1 aromatic carbocycles. The van der Waals surface area contributed by atoms with Gasteiger partial charge in [-0.25, -0.2) is 9.78 Å². The molecule has 0 unspecified atom stereocenters. The second-order valence-corrected chi connectivity index (χ2v) is 11.5. The van der Waals surface area contributed by atoms with Gasteiger partial charge in [0.25, 0.3) is 0 Å². The Kier molecular flexibility index (Phi) is 7.39. The minimum Gasteiger partial charge on any atom is -0.490 e. The first-order valence-electron chi connectivity index (χ1n) is 11.4. The number of benzene rings is 1. The van der Waals surface area contributed by atoms with E-state index in [0.717, 1.165) is 28.3 Å². The summed E-state index contributed by atoms with van der Waals surface area (Å²) >= 11 is 3.18. The standard InChI is InChI=1S/C26H27N5O3S2/c1-25(2,3)34-24(32)30-26(8-9-36-16-26)15-33-21-10-17(11-22(35-4)19(21)13-28)20-14-29-23-7-5-6-18(12-27)31(20)23/h5-7,10-11,14H,8-9,15-16H2,1-4H3,(H,30,32)/t26-/m1/s1. The molecule has 3 heterocycles. The number of carbonyl (C=O) groups is 1. The number of thioether (sulfide) groups is 2. The quantitative estimate of drug-likeness (QED) is 0.438. The summed E-state index contributed by atoms with van der Waals surface area (Å²) in [4.78, 5) is 17.8. The van der Waals surface area contributed by atoms with Crippen LogP contribution in [0.1, 0.15) is 38.4 Å². The maximum absolute atomic E-state index is 12.6. The number of rotatable bonds is 6. The third-order valence-corrected chi connectivity index (χ3v) is 7.72. The number of fused-ring (bicyclic) bond motifs is 1. The smallest absolute Gasteiger partial charge is 0.408 e. The van der Waals surface area contributed by atoms with Crippen molar-refractivity contribution >= 4 is 35.3 Å². The normalized spacial score (nSPS) is 17.4. The maximum atomic E-state index is 12.6. The van der Waals surface area contributed by atoms with E-state index in [4.69, 9.17) is 9.47 Å². The van der Waals surface area contributed by atoms with Crippen LogP contribution in [0, 0.1) is 22.7 Å². The van der Waals surface area contributed by atoms with Crippen molar-refractivity contribution in [2.24, 2.45) is 0 Å². The Labute approximate surface area is 219 Å². The minimum atomic E-state index is -0.607. The van der Waals surface area contributed by atoms with E-state index in [1.165, 1.54) is 11.8 Å². The third kappa shape index (κ3) is 5.40. The van der Waals surface area contributed by atoms with E-state index < -0.39 is 17.2 Å². The Morgan fingerprint density at radius 2 is 2.11 bits per heavy atom. The molecule has 2 aromatic heterocycles. The van der Waals surface area contributed by atoms with Gasteiger partial charge in [0.1, 0.15) is 47.0 Å². The maximum Gasteiger partial charge on any atom is 0.408 e. The van der Waals surface area contributed by atoms with Gasteiger partial charge in [-0.05, 0) is 63.5 Å². The zero-order chi connectivity index (χ0) is 25.9. The number of nitrogens with zero attached hydrogens (tertiary/aromatic N) is 4. The zero-order valence-electron chi connectivity index (χ0n) is 20.6. The lowest BCUT2D eigenvalue weighted by molar-refractivity contribution is 0.0432. The lowest BCUT2D eigenvalue weighted by Crippen LogP contribution is -2.54. The predicted octanol–water partition coefficient (Wildman–Crippen LogP) is 5.25. The fourth-order valence-corrected chi connectivity index (χ4v) is 6.01. The molecule has 8 nitrogen and oxygen atoms in total. The summed E-state index contributed by atoms with van der Waals surface area (Å²) in [6, 6.07) is 13.6. The second kappa shape index (κ2) is 10.3. The highest BCUT2D eigenvalue weighted by Crippen LogP contribution is 2.37. The van der Waals surface area contributed by atoms with E-state index >= 15 is 0 Å². The van der Waals surface area contributed by atoms with Gasteiger partial charge in [0.05, 0.1) is 17.4 Å². The number of carbonyl (C=O) groups excluding carboxylic acids is 1. The van der Waals surface area contributed by atoms with E-state index in [9.17, 15) is 15.3 Å². The third-order valence-electron chi connectivity index (χ3n) is 5.71. The number of alkyl carbamates (subject to hydrolysis) is 1. The summed E-state index contributed by atoms with van der Waals surface area (Å²) < 4.78 is 13.6. The molecule has 1 aliphatic rings. The predicted molar refractivity (Wildman–Crippen MR) is 141 cm³/mol. The van der Waals surface area contributed by atoms with E-state index in [0.29, 0.717) is 28.4 Å².